The number of halogens is 2. The molecule has 0 radical (unpaired) electrons. The lowest BCUT2D eigenvalue weighted by molar-refractivity contribution is 0.608. The molecule has 0 aliphatic carbocycles. The second-order valence-electron chi connectivity index (χ2n) is 4.32. The standard InChI is InChI=1S/C12H12Cl2N4/c13-7-3-4-8(9(14)6-7)11-16-12(18-17-11)10-2-1-5-15-10/h3-4,6,10,15H,1-2,5H2,(H,16,17,18). The predicted octanol–water partition coefficient (Wildman–Crippen LogP) is 3.20. The van der Waals surface area contributed by atoms with E-state index in [-0.39, 0.29) is 6.04 Å². The van der Waals surface area contributed by atoms with Gasteiger partial charge in [-0.15, -0.1) is 0 Å². The Kier molecular flexibility index (Phi) is 3.24. The molecule has 1 fully saturated rings. The summed E-state index contributed by atoms with van der Waals surface area (Å²) in [6.45, 7) is 1.03. The third-order valence-corrected chi connectivity index (χ3v) is 3.61. The summed E-state index contributed by atoms with van der Waals surface area (Å²) in [7, 11) is 0. The first-order valence-corrected chi connectivity index (χ1v) is 6.61. The van der Waals surface area contributed by atoms with E-state index in [1.54, 1.807) is 12.1 Å². The number of hydrogen-bond donors (Lipinski definition) is 2. The lowest BCUT2D eigenvalue weighted by atomic mass is 10.2. The molecular formula is C12H12Cl2N4. The van der Waals surface area contributed by atoms with Crippen LogP contribution in [0.15, 0.2) is 18.2 Å². The molecule has 18 heavy (non-hydrogen) atoms. The Hall–Kier alpha value is -1.10. The fourth-order valence-electron chi connectivity index (χ4n) is 2.14. The number of nitrogens with zero attached hydrogens (tertiary/aromatic N) is 2. The number of benzene rings is 1. The first-order chi connectivity index (χ1) is 8.74. The quantitative estimate of drug-likeness (QED) is 0.889. The summed E-state index contributed by atoms with van der Waals surface area (Å²) >= 11 is 12.0. The molecule has 0 bridgehead atoms. The Labute approximate surface area is 115 Å². The minimum Gasteiger partial charge on any atom is -0.307 e. The maximum atomic E-state index is 6.14. The van der Waals surface area contributed by atoms with Crippen molar-refractivity contribution in [1.29, 1.82) is 0 Å². The average Bonchev–Trinajstić information content (AvgIpc) is 2.99. The molecule has 1 aliphatic rings. The predicted molar refractivity (Wildman–Crippen MR) is 71.8 cm³/mol. The van der Waals surface area contributed by atoms with Crippen molar-refractivity contribution in [3.63, 3.8) is 0 Å². The molecule has 0 amide bonds. The van der Waals surface area contributed by atoms with Crippen LogP contribution >= 0.6 is 23.2 Å². The molecule has 0 spiro atoms. The van der Waals surface area contributed by atoms with Crippen LogP contribution < -0.4 is 5.32 Å². The maximum Gasteiger partial charge on any atom is 0.182 e. The lowest BCUT2D eigenvalue weighted by Crippen LogP contribution is -2.14. The highest BCUT2D eigenvalue weighted by Crippen LogP contribution is 2.29. The monoisotopic (exact) mass is 282 g/mol. The van der Waals surface area contributed by atoms with Crippen molar-refractivity contribution in [2.24, 2.45) is 0 Å². The van der Waals surface area contributed by atoms with Gasteiger partial charge in [0.1, 0.15) is 5.82 Å². The summed E-state index contributed by atoms with van der Waals surface area (Å²) in [6, 6.07) is 5.59. The van der Waals surface area contributed by atoms with E-state index in [0.29, 0.717) is 15.9 Å². The Bertz CT molecular complexity index is 561. The van der Waals surface area contributed by atoms with Crippen molar-refractivity contribution in [2.45, 2.75) is 18.9 Å². The topological polar surface area (TPSA) is 53.6 Å². The van der Waals surface area contributed by atoms with Crippen LogP contribution in [0.2, 0.25) is 10.0 Å². The average molecular weight is 283 g/mol. The Morgan fingerprint density at radius 3 is 2.89 bits per heavy atom. The summed E-state index contributed by atoms with van der Waals surface area (Å²) in [5, 5.41) is 11.7. The van der Waals surface area contributed by atoms with Crippen LogP contribution in [0.1, 0.15) is 24.7 Å². The van der Waals surface area contributed by atoms with Gasteiger partial charge in [-0.2, -0.15) is 5.10 Å². The zero-order chi connectivity index (χ0) is 12.5. The van der Waals surface area contributed by atoms with Gasteiger partial charge in [0.25, 0.3) is 0 Å². The Balaban J connectivity index is 1.92. The zero-order valence-corrected chi connectivity index (χ0v) is 11.1. The zero-order valence-electron chi connectivity index (χ0n) is 9.58. The molecule has 1 saturated heterocycles. The molecule has 1 aliphatic heterocycles. The van der Waals surface area contributed by atoms with E-state index in [4.69, 9.17) is 23.2 Å². The van der Waals surface area contributed by atoms with Gasteiger partial charge in [-0.25, -0.2) is 4.98 Å². The van der Waals surface area contributed by atoms with Gasteiger partial charge in [-0.05, 0) is 37.6 Å². The van der Waals surface area contributed by atoms with Gasteiger partial charge in [0.05, 0.1) is 11.1 Å². The number of H-pyrrole nitrogens is 1. The fourth-order valence-corrected chi connectivity index (χ4v) is 2.63. The van der Waals surface area contributed by atoms with Crippen molar-refractivity contribution in [3.05, 3.63) is 34.1 Å². The third-order valence-electron chi connectivity index (χ3n) is 3.07. The minimum absolute atomic E-state index is 0.275. The normalized spacial score (nSPS) is 19.3. The van der Waals surface area contributed by atoms with E-state index in [1.807, 2.05) is 6.07 Å². The highest BCUT2D eigenvalue weighted by molar-refractivity contribution is 6.36. The van der Waals surface area contributed by atoms with Crippen molar-refractivity contribution >= 4 is 23.2 Å². The maximum absolute atomic E-state index is 6.14. The SMILES string of the molecule is Clc1ccc(-c2n[nH]c(C3CCCN3)n2)c(Cl)c1. The van der Waals surface area contributed by atoms with Crippen LogP contribution in [0.25, 0.3) is 11.4 Å². The summed E-state index contributed by atoms with van der Waals surface area (Å²) < 4.78 is 0. The molecule has 0 saturated carbocycles. The summed E-state index contributed by atoms with van der Waals surface area (Å²) in [5.41, 5.74) is 0.793. The van der Waals surface area contributed by atoms with Gasteiger partial charge in [0, 0.05) is 10.6 Å². The smallest absolute Gasteiger partial charge is 0.182 e. The van der Waals surface area contributed by atoms with E-state index in [2.05, 4.69) is 20.5 Å². The molecule has 2 aromatic rings. The van der Waals surface area contributed by atoms with E-state index < -0.39 is 0 Å². The van der Waals surface area contributed by atoms with Gasteiger partial charge in [0.15, 0.2) is 5.82 Å². The molecule has 2 N–H and O–H groups in total. The van der Waals surface area contributed by atoms with Crippen LogP contribution in [0.5, 0.6) is 0 Å². The summed E-state index contributed by atoms with van der Waals surface area (Å²) in [6.07, 6.45) is 2.26. The summed E-state index contributed by atoms with van der Waals surface area (Å²) in [4.78, 5) is 4.50. The molecule has 3 rings (SSSR count). The molecule has 1 unspecified atom stereocenters. The van der Waals surface area contributed by atoms with Crippen LogP contribution in [0.3, 0.4) is 0 Å². The molecule has 4 nitrogen and oxygen atoms in total. The van der Waals surface area contributed by atoms with Crippen molar-refractivity contribution in [2.75, 3.05) is 6.54 Å². The van der Waals surface area contributed by atoms with Crippen LogP contribution in [0.4, 0.5) is 0 Å². The van der Waals surface area contributed by atoms with Crippen molar-refractivity contribution in [1.82, 2.24) is 20.5 Å². The third kappa shape index (κ3) is 2.23. The second-order valence-corrected chi connectivity index (χ2v) is 5.16. The number of aromatic nitrogens is 3. The van der Waals surface area contributed by atoms with E-state index in [1.165, 1.54) is 6.42 Å². The first kappa shape index (κ1) is 12.0. The second kappa shape index (κ2) is 4.88. The Morgan fingerprint density at radius 2 is 2.17 bits per heavy atom. The largest absolute Gasteiger partial charge is 0.307 e. The highest BCUT2D eigenvalue weighted by atomic mass is 35.5. The van der Waals surface area contributed by atoms with Gasteiger partial charge in [0.2, 0.25) is 0 Å². The first-order valence-electron chi connectivity index (χ1n) is 5.85. The Morgan fingerprint density at radius 1 is 1.28 bits per heavy atom. The summed E-state index contributed by atoms with van der Waals surface area (Å²) in [5.74, 6) is 1.48. The van der Waals surface area contributed by atoms with E-state index in [9.17, 15) is 0 Å². The number of nitrogens with one attached hydrogen (secondary N) is 2. The van der Waals surface area contributed by atoms with Crippen LogP contribution in [0, 0.1) is 0 Å². The van der Waals surface area contributed by atoms with E-state index in [0.717, 1.165) is 24.4 Å². The van der Waals surface area contributed by atoms with Gasteiger partial charge < -0.3 is 5.32 Å². The number of rotatable bonds is 2. The molecule has 6 heteroatoms. The molecule has 2 heterocycles. The molecular weight excluding hydrogens is 271 g/mol. The van der Waals surface area contributed by atoms with Gasteiger partial charge in [-0.1, -0.05) is 23.2 Å². The molecule has 1 aromatic heterocycles. The fraction of sp³-hybridized carbons (Fsp3) is 0.333. The van der Waals surface area contributed by atoms with E-state index >= 15 is 0 Å². The highest BCUT2D eigenvalue weighted by Gasteiger charge is 2.20. The van der Waals surface area contributed by atoms with Crippen LogP contribution in [-0.2, 0) is 0 Å². The lowest BCUT2D eigenvalue weighted by Gasteiger charge is -2.04. The van der Waals surface area contributed by atoms with Gasteiger partial charge >= 0.3 is 0 Å². The molecule has 1 aromatic carbocycles. The van der Waals surface area contributed by atoms with Gasteiger partial charge in [-0.3, -0.25) is 5.10 Å². The number of aromatic amines is 1. The van der Waals surface area contributed by atoms with Crippen molar-refractivity contribution < 1.29 is 0 Å². The minimum atomic E-state index is 0.275. The molecule has 1 atom stereocenters. The van der Waals surface area contributed by atoms with Crippen LogP contribution in [-0.4, -0.2) is 21.7 Å². The number of hydrogen-bond acceptors (Lipinski definition) is 3. The molecule has 94 valence electrons. The van der Waals surface area contributed by atoms with Crippen molar-refractivity contribution in [3.8, 4) is 11.4 Å².